The average molecular weight is 305 g/mol. The Morgan fingerprint density at radius 1 is 1.27 bits per heavy atom. The zero-order chi connectivity index (χ0) is 16.3. The second-order valence-electron chi connectivity index (χ2n) is 6.65. The number of carbonyl (C=O) groups is 1. The van der Waals surface area contributed by atoms with Crippen molar-refractivity contribution in [3.05, 3.63) is 34.3 Å². The number of hydrogen-bond acceptors (Lipinski definition) is 3. The molecule has 0 aliphatic heterocycles. The molecule has 6 nitrogen and oxygen atoms in total. The van der Waals surface area contributed by atoms with Crippen LogP contribution < -0.4 is 16.4 Å². The number of fused-ring (bicyclic) bond motifs is 1. The molecule has 0 aliphatic carbocycles. The Balaban J connectivity index is 1.87. The van der Waals surface area contributed by atoms with Crippen molar-refractivity contribution < 1.29 is 9.21 Å². The molecule has 22 heavy (non-hydrogen) atoms. The fourth-order valence-corrected chi connectivity index (χ4v) is 2.06. The van der Waals surface area contributed by atoms with Crippen LogP contribution in [0.2, 0.25) is 0 Å². The quantitative estimate of drug-likeness (QED) is 0.907. The molecule has 1 heterocycles. The molecule has 0 spiro atoms. The molecule has 0 saturated heterocycles. The molecule has 0 atom stereocenters. The molecule has 0 bridgehead atoms. The van der Waals surface area contributed by atoms with Crippen LogP contribution in [0.1, 0.15) is 26.3 Å². The summed E-state index contributed by atoms with van der Waals surface area (Å²) in [5.41, 5.74) is 2.41. The van der Waals surface area contributed by atoms with Crippen LogP contribution in [0, 0.1) is 5.41 Å². The van der Waals surface area contributed by atoms with Crippen molar-refractivity contribution >= 4 is 17.1 Å². The lowest BCUT2D eigenvalue weighted by Gasteiger charge is -2.18. The van der Waals surface area contributed by atoms with Gasteiger partial charge in [-0.05, 0) is 29.5 Å². The van der Waals surface area contributed by atoms with Crippen LogP contribution in [-0.4, -0.2) is 23.7 Å². The SMILES string of the molecule is Cn1c(=O)oc2cc(CCNC(=O)NCC(C)(C)C)ccc21. The topological polar surface area (TPSA) is 76.3 Å². The van der Waals surface area contributed by atoms with Crippen molar-refractivity contribution in [1.82, 2.24) is 15.2 Å². The van der Waals surface area contributed by atoms with Gasteiger partial charge in [0, 0.05) is 20.1 Å². The number of carbonyl (C=O) groups excluding carboxylic acids is 1. The third-order valence-electron chi connectivity index (χ3n) is 3.34. The van der Waals surface area contributed by atoms with Crippen molar-refractivity contribution in [3.8, 4) is 0 Å². The normalized spacial score (nSPS) is 11.6. The molecule has 0 unspecified atom stereocenters. The van der Waals surface area contributed by atoms with Gasteiger partial charge in [0.1, 0.15) is 0 Å². The summed E-state index contributed by atoms with van der Waals surface area (Å²) in [5, 5.41) is 5.66. The highest BCUT2D eigenvalue weighted by atomic mass is 16.4. The van der Waals surface area contributed by atoms with Gasteiger partial charge in [0.25, 0.3) is 0 Å². The van der Waals surface area contributed by atoms with Gasteiger partial charge in [0.2, 0.25) is 0 Å². The van der Waals surface area contributed by atoms with Gasteiger partial charge in [-0.3, -0.25) is 4.57 Å². The van der Waals surface area contributed by atoms with E-state index in [-0.39, 0.29) is 17.2 Å². The minimum Gasteiger partial charge on any atom is -0.408 e. The largest absolute Gasteiger partial charge is 0.419 e. The molecule has 2 amide bonds. The molecule has 2 N–H and O–H groups in total. The molecular formula is C16H23N3O3. The highest BCUT2D eigenvalue weighted by molar-refractivity contribution is 5.74. The first kappa shape index (κ1) is 16.1. The standard InChI is InChI=1S/C16H23N3O3/c1-16(2,3)10-18-14(20)17-8-7-11-5-6-12-13(9-11)22-15(21)19(12)4/h5-6,9H,7-8,10H2,1-4H3,(H2,17,18,20). The monoisotopic (exact) mass is 305 g/mol. The van der Waals surface area contributed by atoms with E-state index >= 15 is 0 Å². The zero-order valence-electron chi connectivity index (χ0n) is 13.5. The molecule has 1 aromatic carbocycles. The average Bonchev–Trinajstić information content (AvgIpc) is 2.71. The molecule has 0 aliphatic rings. The lowest BCUT2D eigenvalue weighted by Crippen LogP contribution is -2.40. The number of nitrogens with zero attached hydrogens (tertiary/aromatic N) is 1. The van der Waals surface area contributed by atoms with Crippen molar-refractivity contribution in [2.24, 2.45) is 12.5 Å². The summed E-state index contributed by atoms with van der Waals surface area (Å²) in [5.74, 6) is -0.369. The van der Waals surface area contributed by atoms with Gasteiger partial charge in [-0.2, -0.15) is 0 Å². The minimum absolute atomic E-state index is 0.0627. The molecule has 0 radical (unpaired) electrons. The van der Waals surface area contributed by atoms with Crippen LogP contribution >= 0.6 is 0 Å². The molecule has 6 heteroatoms. The minimum atomic E-state index is -0.369. The molecule has 0 saturated carbocycles. The van der Waals surface area contributed by atoms with Gasteiger partial charge in [0.05, 0.1) is 5.52 Å². The lowest BCUT2D eigenvalue weighted by atomic mass is 9.97. The first-order valence-electron chi connectivity index (χ1n) is 7.36. The summed E-state index contributed by atoms with van der Waals surface area (Å²) in [6.45, 7) is 7.35. The second kappa shape index (κ2) is 6.25. The molecule has 2 aromatic rings. The van der Waals surface area contributed by atoms with E-state index in [1.165, 1.54) is 4.57 Å². The Morgan fingerprint density at radius 3 is 2.68 bits per heavy atom. The van der Waals surface area contributed by atoms with E-state index in [0.717, 1.165) is 11.1 Å². The third kappa shape index (κ3) is 4.13. The van der Waals surface area contributed by atoms with Crippen molar-refractivity contribution in [2.75, 3.05) is 13.1 Å². The number of amides is 2. The van der Waals surface area contributed by atoms with Gasteiger partial charge in [-0.15, -0.1) is 0 Å². The lowest BCUT2D eigenvalue weighted by molar-refractivity contribution is 0.235. The number of urea groups is 1. The number of hydrogen-bond donors (Lipinski definition) is 2. The number of aryl methyl sites for hydroxylation is 1. The van der Waals surface area contributed by atoms with E-state index < -0.39 is 0 Å². The van der Waals surface area contributed by atoms with Gasteiger partial charge >= 0.3 is 11.8 Å². The summed E-state index contributed by atoms with van der Waals surface area (Å²) >= 11 is 0. The predicted octanol–water partition coefficient (Wildman–Crippen LogP) is 2.02. The first-order chi connectivity index (χ1) is 10.3. The second-order valence-corrected chi connectivity index (χ2v) is 6.65. The van der Waals surface area contributed by atoms with Crippen LogP contribution in [-0.2, 0) is 13.5 Å². The van der Waals surface area contributed by atoms with Gasteiger partial charge in [0.15, 0.2) is 5.58 Å². The summed E-state index contributed by atoms with van der Waals surface area (Å²) in [6, 6.07) is 5.47. The fraction of sp³-hybridized carbons (Fsp3) is 0.500. The molecular weight excluding hydrogens is 282 g/mol. The maximum atomic E-state index is 11.7. The number of aromatic nitrogens is 1. The van der Waals surface area contributed by atoms with Crippen LogP contribution in [0.4, 0.5) is 4.79 Å². The Labute approximate surface area is 129 Å². The number of rotatable bonds is 4. The van der Waals surface area contributed by atoms with Gasteiger partial charge in [-0.1, -0.05) is 26.8 Å². The molecule has 0 fully saturated rings. The van der Waals surface area contributed by atoms with E-state index in [4.69, 9.17) is 4.42 Å². The van der Waals surface area contributed by atoms with Gasteiger partial charge < -0.3 is 15.1 Å². The van der Waals surface area contributed by atoms with Crippen LogP contribution in [0.15, 0.2) is 27.4 Å². The summed E-state index contributed by atoms with van der Waals surface area (Å²) in [6.07, 6.45) is 0.678. The summed E-state index contributed by atoms with van der Waals surface area (Å²) < 4.78 is 6.62. The maximum absolute atomic E-state index is 11.7. The van der Waals surface area contributed by atoms with E-state index in [2.05, 4.69) is 31.4 Å². The summed E-state index contributed by atoms with van der Waals surface area (Å²) in [7, 11) is 1.68. The van der Waals surface area contributed by atoms with E-state index in [1.807, 2.05) is 18.2 Å². The zero-order valence-corrected chi connectivity index (χ0v) is 13.5. The predicted molar refractivity (Wildman–Crippen MR) is 86.0 cm³/mol. The van der Waals surface area contributed by atoms with E-state index in [9.17, 15) is 9.59 Å². The summed E-state index contributed by atoms with van der Waals surface area (Å²) in [4.78, 5) is 23.1. The number of nitrogens with one attached hydrogen (secondary N) is 2. The highest BCUT2D eigenvalue weighted by Crippen LogP contribution is 2.14. The van der Waals surface area contributed by atoms with Crippen molar-refractivity contribution in [2.45, 2.75) is 27.2 Å². The Hall–Kier alpha value is -2.24. The van der Waals surface area contributed by atoms with Crippen LogP contribution in [0.25, 0.3) is 11.1 Å². The molecule has 2 rings (SSSR count). The molecule has 120 valence electrons. The smallest absolute Gasteiger partial charge is 0.408 e. The number of oxazole rings is 1. The van der Waals surface area contributed by atoms with Crippen molar-refractivity contribution in [3.63, 3.8) is 0 Å². The van der Waals surface area contributed by atoms with Crippen LogP contribution in [0.5, 0.6) is 0 Å². The Bertz CT molecular complexity index is 722. The van der Waals surface area contributed by atoms with Gasteiger partial charge in [-0.25, -0.2) is 9.59 Å². The number of benzene rings is 1. The van der Waals surface area contributed by atoms with Crippen LogP contribution in [0.3, 0.4) is 0 Å². The van der Waals surface area contributed by atoms with E-state index in [0.29, 0.717) is 25.1 Å². The van der Waals surface area contributed by atoms with E-state index in [1.54, 1.807) is 7.05 Å². The maximum Gasteiger partial charge on any atom is 0.419 e. The third-order valence-corrected chi connectivity index (χ3v) is 3.34. The molecule has 1 aromatic heterocycles. The Kier molecular flexibility index (Phi) is 4.59. The highest BCUT2D eigenvalue weighted by Gasteiger charge is 2.11. The Morgan fingerprint density at radius 2 is 2.00 bits per heavy atom. The fourth-order valence-electron chi connectivity index (χ4n) is 2.06. The van der Waals surface area contributed by atoms with Crippen molar-refractivity contribution in [1.29, 1.82) is 0 Å². The first-order valence-corrected chi connectivity index (χ1v) is 7.36.